The molecule has 19 heavy (non-hydrogen) atoms. The monoisotopic (exact) mass is 325 g/mol. The molecule has 1 aromatic heterocycles. The molecule has 0 aliphatic carbocycles. The molecule has 2 nitrogen and oxygen atoms in total. The number of hydrogen-bond donors (Lipinski definition) is 1. The van der Waals surface area contributed by atoms with Crippen LogP contribution in [0.3, 0.4) is 0 Å². The maximum atomic E-state index is 13.9. The number of nitrogens with one attached hydrogen (secondary N) is 1. The van der Waals surface area contributed by atoms with E-state index in [0.29, 0.717) is 5.56 Å². The molecule has 1 N–H and O–H groups in total. The van der Waals surface area contributed by atoms with Crippen molar-refractivity contribution in [3.63, 3.8) is 0 Å². The molecular weight excluding hydrogens is 309 g/mol. The van der Waals surface area contributed by atoms with Gasteiger partial charge in [-0.1, -0.05) is 22.9 Å². The van der Waals surface area contributed by atoms with E-state index >= 15 is 0 Å². The van der Waals surface area contributed by atoms with Crippen LogP contribution in [0.1, 0.15) is 30.7 Å². The second kappa shape index (κ2) is 6.87. The number of rotatable bonds is 6. The van der Waals surface area contributed by atoms with Gasteiger partial charge >= 0.3 is 0 Å². The van der Waals surface area contributed by atoms with Gasteiger partial charge in [0.1, 0.15) is 11.6 Å². The molecule has 0 fully saturated rings. The van der Waals surface area contributed by atoms with Crippen LogP contribution in [-0.2, 0) is 6.42 Å². The molecule has 1 heterocycles. The first-order valence-electron chi connectivity index (χ1n) is 6.41. The fraction of sp³-hybridized carbons (Fsp3) is 0.333. The summed E-state index contributed by atoms with van der Waals surface area (Å²) in [6.45, 7) is 2.82. The topological polar surface area (TPSA) is 25.2 Å². The van der Waals surface area contributed by atoms with Crippen LogP contribution in [0, 0.1) is 5.82 Å². The molecule has 4 heteroatoms. The molecule has 102 valence electrons. The average molecular weight is 326 g/mol. The Morgan fingerprint density at radius 2 is 2.21 bits per heavy atom. The fourth-order valence-corrected chi connectivity index (χ4v) is 2.52. The van der Waals surface area contributed by atoms with Crippen LogP contribution in [0.4, 0.5) is 4.39 Å². The predicted molar refractivity (Wildman–Crippen MR) is 77.5 cm³/mol. The largest absolute Gasteiger partial charge is 0.469 e. The zero-order valence-electron chi connectivity index (χ0n) is 10.8. The minimum absolute atomic E-state index is 0.00685. The molecule has 0 saturated carbocycles. The molecule has 1 aromatic carbocycles. The Kier molecular flexibility index (Phi) is 5.16. The first kappa shape index (κ1) is 14.3. The van der Waals surface area contributed by atoms with Crippen LogP contribution in [0.25, 0.3) is 0 Å². The van der Waals surface area contributed by atoms with Gasteiger partial charge in [0.05, 0.1) is 6.26 Å². The summed E-state index contributed by atoms with van der Waals surface area (Å²) in [5, 5.41) is 3.33. The predicted octanol–water partition coefficient (Wildman–Crippen LogP) is 4.46. The highest BCUT2D eigenvalue weighted by Gasteiger charge is 2.15. The van der Waals surface area contributed by atoms with Crippen molar-refractivity contribution in [3.05, 3.63) is 58.2 Å². The molecule has 0 amide bonds. The van der Waals surface area contributed by atoms with E-state index in [9.17, 15) is 4.39 Å². The van der Waals surface area contributed by atoms with Gasteiger partial charge in [-0.05, 0) is 43.3 Å². The first-order chi connectivity index (χ1) is 9.20. The van der Waals surface area contributed by atoms with E-state index in [-0.39, 0.29) is 11.9 Å². The maximum Gasteiger partial charge on any atom is 0.128 e. The number of hydrogen-bond acceptors (Lipinski definition) is 2. The molecule has 0 aliphatic heterocycles. The number of aryl methyl sites for hydroxylation is 1. The van der Waals surface area contributed by atoms with Crippen molar-refractivity contribution in [2.24, 2.45) is 0 Å². The smallest absolute Gasteiger partial charge is 0.128 e. The average Bonchev–Trinajstić information content (AvgIpc) is 2.91. The highest BCUT2D eigenvalue weighted by atomic mass is 79.9. The van der Waals surface area contributed by atoms with Crippen LogP contribution in [0.5, 0.6) is 0 Å². The molecule has 1 atom stereocenters. The summed E-state index contributed by atoms with van der Waals surface area (Å²) in [7, 11) is 0. The van der Waals surface area contributed by atoms with Gasteiger partial charge in [-0.15, -0.1) is 0 Å². The van der Waals surface area contributed by atoms with Crippen molar-refractivity contribution in [1.29, 1.82) is 0 Å². The quantitative estimate of drug-likeness (QED) is 0.847. The third kappa shape index (κ3) is 3.91. The molecule has 0 radical (unpaired) electrons. The zero-order valence-corrected chi connectivity index (χ0v) is 12.4. The molecule has 0 aliphatic rings. The van der Waals surface area contributed by atoms with Crippen molar-refractivity contribution in [3.8, 4) is 0 Å². The van der Waals surface area contributed by atoms with Crippen molar-refractivity contribution in [2.45, 2.75) is 25.8 Å². The lowest BCUT2D eigenvalue weighted by molar-refractivity contribution is 0.447. The van der Waals surface area contributed by atoms with Gasteiger partial charge in [0, 0.05) is 22.5 Å². The molecule has 0 saturated heterocycles. The van der Waals surface area contributed by atoms with E-state index in [2.05, 4.69) is 21.2 Å². The Hall–Kier alpha value is -1.13. The SMILES string of the molecule is CCNC(CCc1ccco1)c1cc(Br)ccc1F. The summed E-state index contributed by atoms with van der Waals surface area (Å²) in [6, 6.07) is 8.86. The highest BCUT2D eigenvalue weighted by Crippen LogP contribution is 2.25. The van der Waals surface area contributed by atoms with Gasteiger partial charge in [-0.3, -0.25) is 0 Å². The summed E-state index contributed by atoms with van der Waals surface area (Å²) in [6.07, 6.45) is 3.25. The fourth-order valence-electron chi connectivity index (χ4n) is 2.14. The number of furan rings is 1. The lowest BCUT2D eigenvalue weighted by atomic mass is 10.0. The van der Waals surface area contributed by atoms with Crippen molar-refractivity contribution in [2.75, 3.05) is 6.54 Å². The van der Waals surface area contributed by atoms with E-state index < -0.39 is 0 Å². The normalized spacial score (nSPS) is 12.6. The van der Waals surface area contributed by atoms with Gasteiger partial charge < -0.3 is 9.73 Å². The molecule has 0 bridgehead atoms. The Morgan fingerprint density at radius 3 is 2.89 bits per heavy atom. The summed E-state index contributed by atoms with van der Waals surface area (Å²) in [5.74, 6) is 0.756. The Balaban J connectivity index is 2.12. The molecule has 1 unspecified atom stereocenters. The number of halogens is 2. The third-order valence-corrected chi connectivity index (χ3v) is 3.54. The summed E-state index contributed by atoms with van der Waals surface area (Å²) >= 11 is 3.39. The van der Waals surface area contributed by atoms with Crippen LogP contribution < -0.4 is 5.32 Å². The Labute approximate surface area is 121 Å². The first-order valence-corrected chi connectivity index (χ1v) is 7.20. The van der Waals surface area contributed by atoms with Crippen LogP contribution >= 0.6 is 15.9 Å². The van der Waals surface area contributed by atoms with Crippen LogP contribution in [-0.4, -0.2) is 6.54 Å². The highest BCUT2D eigenvalue weighted by molar-refractivity contribution is 9.10. The van der Waals surface area contributed by atoms with Crippen molar-refractivity contribution in [1.82, 2.24) is 5.32 Å². The van der Waals surface area contributed by atoms with E-state index in [4.69, 9.17) is 4.42 Å². The third-order valence-electron chi connectivity index (χ3n) is 3.04. The van der Waals surface area contributed by atoms with Gasteiger partial charge in [0.2, 0.25) is 0 Å². The Morgan fingerprint density at radius 1 is 1.37 bits per heavy atom. The van der Waals surface area contributed by atoms with Crippen LogP contribution in [0.2, 0.25) is 0 Å². The zero-order chi connectivity index (χ0) is 13.7. The second-order valence-electron chi connectivity index (χ2n) is 4.39. The van der Waals surface area contributed by atoms with Gasteiger partial charge in [0.15, 0.2) is 0 Å². The Bertz CT molecular complexity index is 513. The van der Waals surface area contributed by atoms with Gasteiger partial charge in [0.25, 0.3) is 0 Å². The van der Waals surface area contributed by atoms with E-state index in [0.717, 1.165) is 29.6 Å². The summed E-state index contributed by atoms with van der Waals surface area (Å²) in [4.78, 5) is 0. The van der Waals surface area contributed by atoms with E-state index in [1.807, 2.05) is 25.1 Å². The molecule has 2 aromatic rings. The van der Waals surface area contributed by atoms with Gasteiger partial charge in [-0.2, -0.15) is 0 Å². The standard InChI is InChI=1S/C15H17BrFNO/c1-2-18-15(8-6-12-4-3-9-19-12)13-10-11(16)5-7-14(13)17/h3-5,7,9-10,15,18H,2,6,8H2,1H3. The lowest BCUT2D eigenvalue weighted by Crippen LogP contribution is -2.22. The van der Waals surface area contributed by atoms with Crippen molar-refractivity contribution < 1.29 is 8.81 Å². The molecular formula is C15H17BrFNO. The maximum absolute atomic E-state index is 13.9. The summed E-state index contributed by atoms with van der Waals surface area (Å²) in [5.41, 5.74) is 0.697. The van der Waals surface area contributed by atoms with E-state index in [1.54, 1.807) is 12.3 Å². The lowest BCUT2D eigenvalue weighted by Gasteiger charge is -2.18. The number of benzene rings is 1. The van der Waals surface area contributed by atoms with E-state index in [1.165, 1.54) is 6.07 Å². The van der Waals surface area contributed by atoms with Gasteiger partial charge in [-0.25, -0.2) is 4.39 Å². The summed E-state index contributed by atoms with van der Waals surface area (Å²) < 4.78 is 20.1. The van der Waals surface area contributed by atoms with Crippen molar-refractivity contribution >= 4 is 15.9 Å². The minimum Gasteiger partial charge on any atom is -0.469 e. The minimum atomic E-state index is -0.173. The molecule has 0 spiro atoms. The molecule has 2 rings (SSSR count). The van der Waals surface area contributed by atoms with Crippen LogP contribution in [0.15, 0.2) is 45.5 Å². The second-order valence-corrected chi connectivity index (χ2v) is 5.31.